The first kappa shape index (κ1) is 29.9. The van der Waals surface area contributed by atoms with Crippen LogP contribution in [-0.2, 0) is 29.8 Å². The predicted molar refractivity (Wildman–Crippen MR) is 156 cm³/mol. The van der Waals surface area contributed by atoms with Gasteiger partial charge in [0.2, 0.25) is 0 Å². The maximum atomic E-state index is 14.9. The van der Waals surface area contributed by atoms with Crippen molar-refractivity contribution in [1.29, 1.82) is 5.26 Å². The number of nitrogens with zero attached hydrogens (tertiary/aromatic N) is 5. The highest BCUT2D eigenvalue weighted by molar-refractivity contribution is 7.59. The SMILES string of the molecule is N#Cc1ccc(OCc2nc(C34CC3CN(Cc3nc5c(F)cc(C(=O)O)cc5n3C[C@@H]3CCO3)C4)ccc2F)c(F)c1.S. The maximum Gasteiger partial charge on any atom is 0.335 e. The Bertz CT molecular complexity index is 1820. The lowest BCUT2D eigenvalue weighted by atomic mass is 10.0. The number of rotatable bonds is 9. The third kappa shape index (κ3) is 5.27. The van der Waals surface area contributed by atoms with Gasteiger partial charge in [-0.15, -0.1) is 0 Å². The topological polar surface area (TPSA) is 114 Å². The monoisotopic (exact) mass is 623 g/mol. The van der Waals surface area contributed by atoms with Gasteiger partial charge in [0, 0.05) is 30.8 Å². The zero-order valence-corrected chi connectivity index (χ0v) is 24.4. The number of carboxylic acids is 1. The molecule has 4 heterocycles. The van der Waals surface area contributed by atoms with Crippen LogP contribution in [0.1, 0.15) is 46.0 Å². The molecule has 0 radical (unpaired) electrons. The number of likely N-dealkylation sites (tertiary alicyclic amines) is 1. The zero-order chi connectivity index (χ0) is 29.9. The van der Waals surface area contributed by atoms with Crippen molar-refractivity contribution in [3.63, 3.8) is 0 Å². The number of fused-ring (bicyclic) bond motifs is 2. The second-order valence-corrected chi connectivity index (χ2v) is 11.4. The molecular formula is C31H28F3N5O4S. The fraction of sp³-hybridized carbons (Fsp3) is 0.355. The van der Waals surface area contributed by atoms with E-state index in [9.17, 15) is 23.1 Å². The van der Waals surface area contributed by atoms with Crippen molar-refractivity contribution in [1.82, 2.24) is 19.4 Å². The van der Waals surface area contributed by atoms with E-state index in [4.69, 9.17) is 14.7 Å². The quantitative estimate of drug-likeness (QED) is 0.286. The minimum absolute atomic E-state index is 0. The molecule has 4 aromatic rings. The lowest BCUT2D eigenvalue weighted by Crippen LogP contribution is -2.33. The summed E-state index contributed by atoms with van der Waals surface area (Å²) in [5.74, 6) is -2.35. The molecule has 2 saturated heterocycles. The summed E-state index contributed by atoms with van der Waals surface area (Å²) in [6.45, 7) is 2.61. The van der Waals surface area contributed by atoms with Crippen molar-refractivity contribution < 1.29 is 32.5 Å². The highest BCUT2D eigenvalue weighted by atomic mass is 32.1. The summed E-state index contributed by atoms with van der Waals surface area (Å²) in [4.78, 5) is 23.0. The standard InChI is InChI=1S/C31H26F3N5O4.H2S/c32-21-2-4-27(36-24(21)15-43-26-3-1-17(11-35)7-22(26)33)31-10-19(31)12-38(16-31)14-28-37-29-23(34)8-18(30(40)41)9-25(29)39(28)13-20-5-6-42-20;/h1-4,7-9,19-20H,5-6,10,12-16H2,(H,40,41);1H2/t19?,20-,31?;/m0./s1. The Kier molecular flexibility index (Phi) is 7.77. The average Bonchev–Trinajstić information content (AvgIpc) is 3.35. The molecule has 1 N–H and O–H groups in total. The van der Waals surface area contributed by atoms with E-state index in [2.05, 4.69) is 14.9 Å². The van der Waals surface area contributed by atoms with Crippen molar-refractivity contribution in [2.45, 2.75) is 44.1 Å². The molecule has 44 heavy (non-hydrogen) atoms. The van der Waals surface area contributed by atoms with Gasteiger partial charge in [-0.2, -0.15) is 18.8 Å². The predicted octanol–water partition coefficient (Wildman–Crippen LogP) is 4.67. The van der Waals surface area contributed by atoms with Crippen molar-refractivity contribution in [3.05, 3.63) is 88.3 Å². The lowest BCUT2D eigenvalue weighted by Gasteiger charge is -2.28. The smallest absolute Gasteiger partial charge is 0.335 e. The van der Waals surface area contributed by atoms with E-state index < -0.39 is 23.4 Å². The molecule has 2 aromatic heterocycles. The van der Waals surface area contributed by atoms with E-state index in [-0.39, 0.29) is 59.7 Å². The number of halogens is 3. The molecule has 1 aliphatic carbocycles. The van der Waals surface area contributed by atoms with Crippen LogP contribution in [0.5, 0.6) is 5.75 Å². The highest BCUT2D eigenvalue weighted by Gasteiger charge is 2.61. The normalized spacial score (nSPS) is 22.1. The van der Waals surface area contributed by atoms with Crippen LogP contribution in [0.4, 0.5) is 13.2 Å². The third-order valence-electron chi connectivity index (χ3n) is 8.75. The van der Waals surface area contributed by atoms with Crippen LogP contribution in [0.15, 0.2) is 42.5 Å². The van der Waals surface area contributed by atoms with Gasteiger partial charge in [-0.1, -0.05) is 0 Å². The van der Waals surface area contributed by atoms with Crippen LogP contribution in [0.2, 0.25) is 0 Å². The summed E-state index contributed by atoms with van der Waals surface area (Å²) in [6, 6.07) is 11.1. The molecular weight excluding hydrogens is 595 g/mol. The van der Waals surface area contributed by atoms with E-state index >= 15 is 0 Å². The van der Waals surface area contributed by atoms with Crippen LogP contribution >= 0.6 is 13.5 Å². The molecule has 3 aliphatic rings. The minimum Gasteiger partial charge on any atom is -0.484 e. The number of aromatic nitrogens is 3. The molecule has 7 rings (SSSR count). The van der Waals surface area contributed by atoms with Gasteiger partial charge in [-0.05, 0) is 61.2 Å². The van der Waals surface area contributed by atoms with Gasteiger partial charge in [0.15, 0.2) is 17.4 Å². The number of imidazole rings is 1. The summed E-state index contributed by atoms with van der Waals surface area (Å²) < 4.78 is 56.9. The van der Waals surface area contributed by atoms with Crippen LogP contribution in [-0.4, -0.2) is 56.3 Å². The van der Waals surface area contributed by atoms with Crippen molar-refractivity contribution in [2.75, 3.05) is 19.7 Å². The van der Waals surface area contributed by atoms with Crippen LogP contribution in [0.3, 0.4) is 0 Å². The molecule has 3 fully saturated rings. The van der Waals surface area contributed by atoms with Gasteiger partial charge >= 0.3 is 5.97 Å². The number of aromatic carboxylic acids is 1. The Labute approximate surface area is 257 Å². The second-order valence-electron chi connectivity index (χ2n) is 11.4. The summed E-state index contributed by atoms with van der Waals surface area (Å²) in [5, 5.41) is 18.4. The van der Waals surface area contributed by atoms with Gasteiger partial charge < -0.3 is 19.1 Å². The number of carbonyl (C=O) groups is 1. The molecule has 228 valence electrons. The number of pyridine rings is 1. The molecule has 0 spiro atoms. The Balaban J connectivity index is 0.00000343. The van der Waals surface area contributed by atoms with E-state index in [1.807, 2.05) is 10.6 Å². The number of nitriles is 1. The Morgan fingerprint density at radius 1 is 1.14 bits per heavy atom. The van der Waals surface area contributed by atoms with E-state index in [1.165, 1.54) is 24.3 Å². The Hall–Kier alpha value is -4.12. The van der Waals surface area contributed by atoms with Gasteiger partial charge in [0.1, 0.15) is 29.5 Å². The van der Waals surface area contributed by atoms with E-state index in [1.54, 1.807) is 6.07 Å². The molecule has 2 aromatic carbocycles. The summed E-state index contributed by atoms with van der Waals surface area (Å²) in [7, 11) is 0. The number of piperidine rings is 1. The van der Waals surface area contributed by atoms with E-state index in [0.29, 0.717) is 43.5 Å². The zero-order valence-electron chi connectivity index (χ0n) is 23.4. The van der Waals surface area contributed by atoms with Gasteiger partial charge in [0.25, 0.3) is 0 Å². The molecule has 1 saturated carbocycles. The molecule has 3 atom stereocenters. The maximum absolute atomic E-state index is 14.9. The molecule has 2 unspecified atom stereocenters. The summed E-state index contributed by atoms with van der Waals surface area (Å²) in [6.07, 6.45) is 1.69. The highest BCUT2D eigenvalue weighted by Crippen LogP contribution is 2.58. The van der Waals surface area contributed by atoms with Crippen molar-refractivity contribution in [3.8, 4) is 11.8 Å². The fourth-order valence-corrected chi connectivity index (χ4v) is 6.31. The van der Waals surface area contributed by atoms with Gasteiger partial charge in [-0.3, -0.25) is 9.88 Å². The average molecular weight is 624 g/mol. The summed E-state index contributed by atoms with van der Waals surface area (Å²) >= 11 is 0. The fourth-order valence-electron chi connectivity index (χ4n) is 6.31. The number of carboxylic acid groups (broad SMARTS) is 1. The van der Waals surface area contributed by atoms with Crippen LogP contribution < -0.4 is 4.74 Å². The lowest BCUT2D eigenvalue weighted by molar-refractivity contribution is -0.0591. The number of hydrogen-bond acceptors (Lipinski definition) is 7. The van der Waals surface area contributed by atoms with Gasteiger partial charge in [-0.25, -0.2) is 22.9 Å². The summed E-state index contributed by atoms with van der Waals surface area (Å²) in [5.41, 5.74) is 1.08. The first-order valence-electron chi connectivity index (χ1n) is 14.0. The number of hydrogen-bond donors (Lipinski definition) is 1. The molecule has 0 bridgehead atoms. The number of ether oxygens (including phenoxy) is 2. The second kappa shape index (κ2) is 11.4. The largest absolute Gasteiger partial charge is 0.484 e. The molecule has 9 nitrogen and oxygen atoms in total. The number of benzene rings is 2. The van der Waals surface area contributed by atoms with Crippen LogP contribution in [0, 0.1) is 34.7 Å². The van der Waals surface area contributed by atoms with Crippen LogP contribution in [0.25, 0.3) is 11.0 Å². The third-order valence-corrected chi connectivity index (χ3v) is 8.75. The first-order valence-corrected chi connectivity index (χ1v) is 14.0. The Morgan fingerprint density at radius 2 is 1.95 bits per heavy atom. The first-order chi connectivity index (χ1) is 20.7. The Morgan fingerprint density at radius 3 is 2.66 bits per heavy atom. The van der Waals surface area contributed by atoms with Gasteiger partial charge in [0.05, 0.1) is 41.9 Å². The van der Waals surface area contributed by atoms with E-state index in [0.717, 1.165) is 37.2 Å². The van der Waals surface area contributed by atoms with Crippen molar-refractivity contribution in [2.24, 2.45) is 5.92 Å². The van der Waals surface area contributed by atoms with Crippen molar-refractivity contribution >= 4 is 30.5 Å². The molecule has 2 aliphatic heterocycles. The minimum atomic E-state index is -1.21. The molecule has 0 amide bonds. The molecule has 13 heteroatoms.